The molecule has 0 aliphatic rings. The summed E-state index contributed by atoms with van der Waals surface area (Å²) in [5, 5.41) is 14.1. The van der Waals surface area contributed by atoms with E-state index in [2.05, 4.69) is 12.2 Å². The minimum Gasteiger partial charge on any atom is -0.496 e. The number of nitrogens with one attached hydrogen (secondary N) is 1. The summed E-state index contributed by atoms with van der Waals surface area (Å²) in [5.41, 5.74) is 0.906. The van der Waals surface area contributed by atoms with Crippen LogP contribution in [0.5, 0.6) is 5.75 Å². The molecule has 0 amide bonds. The van der Waals surface area contributed by atoms with Gasteiger partial charge in [0, 0.05) is 23.7 Å². The lowest BCUT2D eigenvalue weighted by molar-refractivity contribution is 0.0528. The second kappa shape index (κ2) is 6.55. The molecule has 2 unspecified atom stereocenters. The summed E-state index contributed by atoms with van der Waals surface area (Å²) in [7, 11) is 1.67. The van der Waals surface area contributed by atoms with Crippen molar-refractivity contribution in [2.24, 2.45) is 0 Å². The highest BCUT2D eigenvalue weighted by atomic mass is 16.5. The average molecular weight is 303 g/mol. The minimum absolute atomic E-state index is 0.0657. The van der Waals surface area contributed by atoms with Gasteiger partial charge in [-0.2, -0.15) is 0 Å². The summed E-state index contributed by atoms with van der Waals surface area (Å²) in [6.07, 6.45) is 0. The molecule has 2 N–H and O–H groups in total. The van der Waals surface area contributed by atoms with Gasteiger partial charge >= 0.3 is 0 Å². The van der Waals surface area contributed by atoms with Gasteiger partial charge in [-0.05, 0) is 39.8 Å². The molecule has 1 heterocycles. The normalized spacial score (nSPS) is 15.4. The number of rotatable bonds is 6. The van der Waals surface area contributed by atoms with Gasteiger partial charge in [-0.25, -0.2) is 0 Å². The molecule has 0 bridgehead atoms. The maximum absolute atomic E-state index is 10.7. The summed E-state index contributed by atoms with van der Waals surface area (Å²) in [6, 6.07) is 9.86. The predicted molar refractivity (Wildman–Crippen MR) is 87.2 cm³/mol. The molecule has 0 saturated heterocycles. The molecule has 0 radical (unpaired) electrons. The Kier molecular flexibility index (Phi) is 4.94. The van der Waals surface area contributed by atoms with Crippen molar-refractivity contribution < 1.29 is 14.3 Å². The van der Waals surface area contributed by atoms with Gasteiger partial charge in [0.2, 0.25) is 0 Å². The Bertz CT molecular complexity index is 631. The molecule has 0 aliphatic heterocycles. The van der Waals surface area contributed by atoms with Gasteiger partial charge in [0.25, 0.3) is 0 Å². The number of methoxy groups -OCH3 is 1. The molecule has 0 aliphatic carbocycles. The average Bonchev–Trinajstić information content (AvgIpc) is 2.84. The Morgan fingerprint density at radius 1 is 1.32 bits per heavy atom. The molecule has 0 fully saturated rings. The lowest BCUT2D eigenvalue weighted by Crippen LogP contribution is -2.37. The van der Waals surface area contributed by atoms with Crippen molar-refractivity contribution in [1.82, 2.24) is 5.32 Å². The number of hydrogen-bond donors (Lipinski definition) is 2. The van der Waals surface area contributed by atoms with Crippen LogP contribution in [0.25, 0.3) is 0 Å². The molecule has 2 aromatic rings. The molecule has 1 aromatic heterocycles. The SMILES string of the molecule is COc1ccccc1C(C)NCC(C)(O)c1cc(C)oc1C. The first kappa shape index (κ1) is 16.6. The maximum Gasteiger partial charge on any atom is 0.123 e. The summed E-state index contributed by atoms with van der Waals surface area (Å²) >= 11 is 0. The number of aliphatic hydroxyl groups is 1. The molecule has 4 heteroatoms. The summed E-state index contributed by atoms with van der Waals surface area (Å²) in [5.74, 6) is 2.41. The fourth-order valence-corrected chi connectivity index (χ4v) is 2.75. The van der Waals surface area contributed by atoms with E-state index in [0.717, 1.165) is 28.4 Å². The van der Waals surface area contributed by atoms with Crippen LogP contribution in [0.2, 0.25) is 0 Å². The van der Waals surface area contributed by atoms with Crippen molar-refractivity contribution in [2.45, 2.75) is 39.3 Å². The van der Waals surface area contributed by atoms with Crippen LogP contribution in [-0.4, -0.2) is 18.8 Å². The fraction of sp³-hybridized carbons (Fsp3) is 0.444. The second-order valence-corrected chi connectivity index (χ2v) is 5.95. The molecule has 22 heavy (non-hydrogen) atoms. The van der Waals surface area contributed by atoms with E-state index in [1.165, 1.54) is 0 Å². The molecule has 0 spiro atoms. The zero-order valence-corrected chi connectivity index (χ0v) is 13.9. The van der Waals surface area contributed by atoms with Crippen molar-refractivity contribution >= 4 is 0 Å². The molecule has 2 atom stereocenters. The molecule has 2 rings (SSSR count). The first-order valence-electron chi connectivity index (χ1n) is 7.51. The van der Waals surface area contributed by atoms with Crippen LogP contribution in [0.3, 0.4) is 0 Å². The summed E-state index contributed by atoms with van der Waals surface area (Å²) in [6.45, 7) is 8.04. The Balaban J connectivity index is 2.10. The van der Waals surface area contributed by atoms with E-state index in [1.54, 1.807) is 14.0 Å². The van der Waals surface area contributed by atoms with Crippen LogP contribution in [0.1, 0.15) is 42.5 Å². The van der Waals surface area contributed by atoms with Crippen molar-refractivity contribution in [3.8, 4) is 5.75 Å². The monoisotopic (exact) mass is 303 g/mol. The van der Waals surface area contributed by atoms with E-state index in [1.807, 2.05) is 44.2 Å². The Hall–Kier alpha value is -1.78. The predicted octanol–water partition coefficient (Wildman–Crippen LogP) is 3.46. The van der Waals surface area contributed by atoms with Crippen molar-refractivity contribution in [2.75, 3.05) is 13.7 Å². The topological polar surface area (TPSA) is 54.6 Å². The summed E-state index contributed by atoms with van der Waals surface area (Å²) < 4.78 is 10.9. The highest BCUT2D eigenvalue weighted by molar-refractivity contribution is 5.35. The van der Waals surface area contributed by atoms with Crippen LogP contribution in [-0.2, 0) is 5.60 Å². The van der Waals surface area contributed by atoms with Gasteiger partial charge in [-0.3, -0.25) is 0 Å². The van der Waals surface area contributed by atoms with Crippen LogP contribution in [0.4, 0.5) is 0 Å². The highest BCUT2D eigenvalue weighted by Crippen LogP contribution is 2.28. The quantitative estimate of drug-likeness (QED) is 0.858. The molecule has 4 nitrogen and oxygen atoms in total. The van der Waals surface area contributed by atoms with Gasteiger partial charge in [0.05, 0.1) is 7.11 Å². The highest BCUT2D eigenvalue weighted by Gasteiger charge is 2.28. The largest absolute Gasteiger partial charge is 0.496 e. The third kappa shape index (κ3) is 3.51. The smallest absolute Gasteiger partial charge is 0.123 e. The standard InChI is InChI=1S/C18H25NO3/c1-12-10-16(14(3)22-12)18(4,20)11-19-13(2)15-8-6-7-9-17(15)21-5/h6-10,13,19-20H,11H2,1-5H3. The van der Waals surface area contributed by atoms with Crippen LogP contribution in [0, 0.1) is 13.8 Å². The Morgan fingerprint density at radius 2 is 2.00 bits per heavy atom. The van der Waals surface area contributed by atoms with E-state index < -0.39 is 5.60 Å². The molecular weight excluding hydrogens is 278 g/mol. The van der Waals surface area contributed by atoms with Crippen LogP contribution in [0.15, 0.2) is 34.7 Å². The van der Waals surface area contributed by atoms with Gasteiger partial charge in [0.1, 0.15) is 22.9 Å². The van der Waals surface area contributed by atoms with Gasteiger partial charge < -0.3 is 19.6 Å². The van der Waals surface area contributed by atoms with Crippen LogP contribution < -0.4 is 10.1 Å². The van der Waals surface area contributed by atoms with Crippen molar-refractivity contribution in [3.63, 3.8) is 0 Å². The van der Waals surface area contributed by atoms with E-state index in [9.17, 15) is 5.11 Å². The molecule has 120 valence electrons. The van der Waals surface area contributed by atoms with Gasteiger partial charge in [-0.1, -0.05) is 18.2 Å². The second-order valence-electron chi connectivity index (χ2n) is 5.95. The maximum atomic E-state index is 10.7. The molecule has 1 aromatic carbocycles. The first-order valence-corrected chi connectivity index (χ1v) is 7.51. The zero-order valence-electron chi connectivity index (χ0n) is 13.9. The van der Waals surface area contributed by atoms with Gasteiger partial charge in [-0.15, -0.1) is 0 Å². The zero-order chi connectivity index (χ0) is 16.3. The number of hydrogen-bond acceptors (Lipinski definition) is 4. The lowest BCUT2D eigenvalue weighted by Gasteiger charge is -2.26. The van der Waals surface area contributed by atoms with Crippen LogP contribution >= 0.6 is 0 Å². The van der Waals surface area contributed by atoms with Crippen molar-refractivity contribution in [3.05, 3.63) is 53.0 Å². The fourth-order valence-electron chi connectivity index (χ4n) is 2.75. The number of benzene rings is 1. The first-order chi connectivity index (χ1) is 10.3. The summed E-state index contributed by atoms with van der Waals surface area (Å²) in [4.78, 5) is 0. The third-order valence-corrected chi connectivity index (χ3v) is 3.98. The molecular formula is C18H25NO3. The van der Waals surface area contributed by atoms with Gasteiger partial charge in [0.15, 0.2) is 0 Å². The van der Waals surface area contributed by atoms with E-state index in [4.69, 9.17) is 9.15 Å². The van der Waals surface area contributed by atoms with E-state index in [0.29, 0.717) is 6.54 Å². The third-order valence-electron chi connectivity index (χ3n) is 3.98. The number of ether oxygens (including phenoxy) is 1. The van der Waals surface area contributed by atoms with E-state index in [-0.39, 0.29) is 6.04 Å². The Morgan fingerprint density at radius 3 is 2.59 bits per heavy atom. The van der Waals surface area contributed by atoms with E-state index >= 15 is 0 Å². The lowest BCUT2D eigenvalue weighted by atomic mass is 9.95. The molecule has 0 saturated carbocycles. The Labute approximate surface area is 132 Å². The number of aryl methyl sites for hydroxylation is 2. The minimum atomic E-state index is -0.988. The van der Waals surface area contributed by atoms with Crippen molar-refractivity contribution in [1.29, 1.82) is 0 Å². The number of para-hydroxylation sites is 1. The number of furan rings is 1.